The summed E-state index contributed by atoms with van der Waals surface area (Å²) < 4.78 is 5.39. The Morgan fingerprint density at radius 3 is 2.79 bits per heavy atom. The van der Waals surface area contributed by atoms with Crippen molar-refractivity contribution in [1.82, 2.24) is 5.32 Å². The Morgan fingerprint density at radius 2 is 2.14 bits per heavy atom. The zero-order valence-electron chi connectivity index (χ0n) is 8.67. The van der Waals surface area contributed by atoms with Crippen molar-refractivity contribution in [3.05, 3.63) is 0 Å². The minimum atomic E-state index is 0.488. The summed E-state index contributed by atoms with van der Waals surface area (Å²) >= 11 is 0. The van der Waals surface area contributed by atoms with Gasteiger partial charge < -0.3 is 15.8 Å². The van der Waals surface area contributed by atoms with Crippen molar-refractivity contribution in [2.75, 3.05) is 26.3 Å². The molecule has 3 nitrogen and oxygen atoms in total. The molecule has 3 rings (SSSR count). The molecule has 3 atom stereocenters. The van der Waals surface area contributed by atoms with Gasteiger partial charge in [-0.25, -0.2) is 0 Å². The van der Waals surface area contributed by atoms with Gasteiger partial charge in [0.05, 0.1) is 0 Å². The van der Waals surface area contributed by atoms with Crippen LogP contribution < -0.4 is 11.1 Å². The molecular weight excluding hydrogens is 176 g/mol. The number of ether oxygens (including phenoxy) is 1. The van der Waals surface area contributed by atoms with Gasteiger partial charge in [0.25, 0.3) is 0 Å². The van der Waals surface area contributed by atoms with E-state index in [0.29, 0.717) is 11.5 Å². The molecule has 3 unspecified atom stereocenters. The molecule has 3 fully saturated rings. The van der Waals surface area contributed by atoms with Gasteiger partial charge in [0.2, 0.25) is 0 Å². The lowest BCUT2D eigenvalue weighted by Gasteiger charge is -2.26. The monoisotopic (exact) mass is 196 g/mol. The van der Waals surface area contributed by atoms with E-state index < -0.39 is 0 Å². The van der Waals surface area contributed by atoms with Crippen molar-refractivity contribution in [2.24, 2.45) is 23.0 Å². The van der Waals surface area contributed by atoms with Crippen LogP contribution in [0, 0.1) is 17.3 Å². The van der Waals surface area contributed by atoms with Crippen molar-refractivity contribution < 1.29 is 4.74 Å². The van der Waals surface area contributed by atoms with Gasteiger partial charge in [-0.05, 0) is 31.1 Å². The van der Waals surface area contributed by atoms with E-state index in [0.717, 1.165) is 38.1 Å². The van der Waals surface area contributed by atoms with E-state index >= 15 is 0 Å². The first-order valence-electron chi connectivity index (χ1n) is 5.87. The number of fused-ring (bicyclic) bond motifs is 1. The highest BCUT2D eigenvalue weighted by molar-refractivity contribution is 5.20. The molecule has 0 radical (unpaired) electrons. The molecule has 0 amide bonds. The Kier molecular flexibility index (Phi) is 2.08. The molecule has 2 saturated heterocycles. The third kappa shape index (κ3) is 1.23. The molecule has 3 aliphatic rings. The van der Waals surface area contributed by atoms with Gasteiger partial charge in [-0.1, -0.05) is 0 Å². The number of piperidine rings is 1. The Labute approximate surface area is 85.4 Å². The fraction of sp³-hybridized carbons (Fsp3) is 1.00. The average Bonchev–Trinajstić information content (AvgIpc) is 2.63. The largest absolute Gasteiger partial charge is 0.381 e. The lowest BCUT2D eigenvalue weighted by atomic mass is 9.86. The van der Waals surface area contributed by atoms with Crippen LogP contribution in [0.5, 0.6) is 0 Å². The minimum Gasteiger partial charge on any atom is -0.381 e. The summed E-state index contributed by atoms with van der Waals surface area (Å²) in [5.41, 5.74) is 6.64. The minimum absolute atomic E-state index is 0.488. The predicted octanol–water partition coefficient (Wildman–Crippen LogP) is 0.350. The molecule has 1 aliphatic carbocycles. The number of nitrogens with two attached hydrogens (primary N) is 1. The van der Waals surface area contributed by atoms with Gasteiger partial charge in [-0.2, -0.15) is 0 Å². The summed E-state index contributed by atoms with van der Waals surface area (Å²) in [7, 11) is 0. The molecule has 0 bridgehead atoms. The van der Waals surface area contributed by atoms with Gasteiger partial charge in [-0.3, -0.25) is 0 Å². The maximum absolute atomic E-state index is 6.15. The van der Waals surface area contributed by atoms with Gasteiger partial charge in [0.15, 0.2) is 0 Å². The highest BCUT2D eigenvalue weighted by Gasteiger charge is 2.65. The van der Waals surface area contributed by atoms with E-state index in [4.69, 9.17) is 10.5 Å². The average molecular weight is 196 g/mol. The standard InChI is InChI=1S/C11H20N2O/c12-10-9-6-13-7-11(9,10)5-8-1-3-14-4-2-8/h8-10,13H,1-7,12H2. The third-order valence-electron chi connectivity index (χ3n) is 4.55. The SMILES string of the molecule is NC1C2CNCC12CC1CCOCC1. The first kappa shape index (κ1) is 9.13. The number of hydrogen-bond donors (Lipinski definition) is 2. The second kappa shape index (κ2) is 3.19. The predicted molar refractivity (Wildman–Crippen MR) is 54.9 cm³/mol. The molecule has 80 valence electrons. The highest BCUT2D eigenvalue weighted by atomic mass is 16.5. The smallest absolute Gasteiger partial charge is 0.0468 e. The molecule has 1 saturated carbocycles. The lowest BCUT2D eigenvalue weighted by molar-refractivity contribution is 0.0568. The summed E-state index contributed by atoms with van der Waals surface area (Å²) in [6.07, 6.45) is 3.84. The zero-order chi connectivity index (χ0) is 9.60. The molecule has 14 heavy (non-hydrogen) atoms. The number of hydrogen-bond acceptors (Lipinski definition) is 3. The van der Waals surface area contributed by atoms with Crippen LogP contribution in [-0.4, -0.2) is 32.3 Å². The van der Waals surface area contributed by atoms with Crippen molar-refractivity contribution in [1.29, 1.82) is 0 Å². The van der Waals surface area contributed by atoms with Crippen LogP contribution in [0.1, 0.15) is 19.3 Å². The normalized spacial score (nSPS) is 47.8. The Morgan fingerprint density at radius 1 is 1.36 bits per heavy atom. The van der Waals surface area contributed by atoms with Crippen LogP contribution in [0.2, 0.25) is 0 Å². The summed E-state index contributed by atoms with van der Waals surface area (Å²) in [5.74, 6) is 1.66. The molecule has 0 aromatic carbocycles. The maximum atomic E-state index is 6.15. The fourth-order valence-corrected chi connectivity index (χ4v) is 3.50. The van der Waals surface area contributed by atoms with E-state index in [-0.39, 0.29) is 0 Å². The molecule has 3 heteroatoms. The van der Waals surface area contributed by atoms with E-state index in [2.05, 4.69) is 5.32 Å². The Hall–Kier alpha value is -0.120. The van der Waals surface area contributed by atoms with Crippen molar-refractivity contribution in [3.8, 4) is 0 Å². The van der Waals surface area contributed by atoms with Gasteiger partial charge >= 0.3 is 0 Å². The fourth-order valence-electron chi connectivity index (χ4n) is 3.50. The van der Waals surface area contributed by atoms with Crippen LogP contribution >= 0.6 is 0 Å². The van der Waals surface area contributed by atoms with Crippen LogP contribution in [0.15, 0.2) is 0 Å². The second-order valence-corrected chi connectivity index (χ2v) is 5.26. The van der Waals surface area contributed by atoms with Crippen LogP contribution in [0.4, 0.5) is 0 Å². The van der Waals surface area contributed by atoms with E-state index in [1.54, 1.807) is 0 Å². The quantitative estimate of drug-likeness (QED) is 0.670. The lowest BCUT2D eigenvalue weighted by Crippen LogP contribution is -2.30. The topological polar surface area (TPSA) is 47.3 Å². The molecule has 0 spiro atoms. The molecule has 2 aliphatic heterocycles. The van der Waals surface area contributed by atoms with E-state index in [1.165, 1.54) is 19.3 Å². The molecule has 0 aromatic rings. The Balaban J connectivity index is 1.61. The van der Waals surface area contributed by atoms with E-state index in [1.807, 2.05) is 0 Å². The first-order chi connectivity index (χ1) is 6.83. The van der Waals surface area contributed by atoms with Crippen molar-refractivity contribution in [2.45, 2.75) is 25.3 Å². The maximum Gasteiger partial charge on any atom is 0.0468 e. The molecule has 2 heterocycles. The zero-order valence-corrected chi connectivity index (χ0v) is 8.67. The van der Waals surface area contributed by atoms with Crippen LogP contribution in [0.3, 0.4) is 0 Å². The summed E-state index contributed by atoms with van der Waals surface area (Å²) in [4.78, 5) is 0. The summed E-state index contributed by atoms with van der Waals surface area (Å²) in [5, 5.41) is 3.47. The van der Waals surface area contributed by atoms with Crippen molar-refractivity contribution in [3.63, 3.8) is 0 Å². The highest BCUT2D eigenvalue weighted by Crippen LogP contribution is 2.58. The molecule has 0 aromatic heterocycles. The number of rotatable bonds is 2. The first-order valence-corrected chi connectivity index (χ1v) is 5.87. The Bertz CT molecular complexity index is 227. The third-order valence-corrected chi connectivity index (χ3v) is 4.55. The summed E-state index contributed by atoms with van der Waals surface area (Å²) in [6, 6.07) is 0.492. The molecular formula is C11H20N2O. The van der Waals surface area contributed by atoms with E-state index in [9.17, 15) is 0 Å². The second-order valence-electron chi connectivity index (χ2n) is 5.26. The van der Waals surface area contributed by atoms with Gasteiger partial charge in [-0.15, -0.1) is 0 Å². The van der Waals surface area contributed by atoms with Crippen LogP contribution in [0.25, 0.3) is 0 Å². The van der Waals surface area contributed by atoms with Gasteiger partial charge in [0, 0.05) is 37.8 Å². The summed E-state index contributed by atoms with van der Waals surface area (Å²) in [6.45, 7) is 4.25. The van der Waals surface area contributed by atoms with Gasteiger partial charge in [0.1, 0.15) is 0 Å². The van der Waals surface area contributed by atoms with Crippen molar-refractivity contribution >= 4 is 0 Å². The molecule has 3 N–H and O–H groups in total. The van der Waals surface area contributed by atoms with Crippen LogP contribution in [-0.2, 0) is 4.74 Å². The number of nitrogens with one attached hydrogen (secondary N) is 1.